The minimum absolute atomic E-state index is 0.115. The number of hydrogen-bond acceptors (Lipinski definition) is 8. The first-order valence-electron chi connectivity index (χ1n) is 12.6. The highest BCUT2D eigenvalue weighted by Crippen LogP contribution is 2.18. The van der Waals surface area contributed by atoms with Crippen LogP contribution in [0.2, 0.25) is 0 Å². The zero-order chi connectivity index (χ0) is 26.4. The van der Waals surface area contributed by atoms with Crippen molar-refractivity contribution >= 4 is 22.7 Å². The maximum Gasteiger partial charge on any atom is 0.111 e. The Hall–Kier alpha value is -2.40. The predicted octanol–water partition coefficient (Wildman–Crippen LogP) is 5.44. The van der Waals surface area contributed by atoms with E-state index in [0.717, 1.165) is 20.9 Å². The molecular formula is C30H34O6S2. The molecule has 0 aliphatic carbocycles. The summed E-state index contributed by atoms with van der Waals surface area (Å²) in [6, 6.07) is 27.4. The number of rotatable bonds is 17. The Kier molecular flexibility index (Phi) is 12.0. The second-order valence-corrected chi connectivity index (χ2v) is 10.9. The molecule has 2 aromatic heterocycles. The van der Waals surface area contributed by atoms with Gasteiger partial charge in [0.1, 0.15) is 24.4 Å². The lowest BCUT2D eigenvalue weighted by atomic mass is 10.0. The van der Waals surface area contributed by atoms with Crippen molar-refractivity contribution in [3.63, 3.8) is 0 Å². The Morgan fingerprint density at radius 3 is 1.32 bits per heavy atom. The van der Waals surface area contributed by atoms with Crippen LogP contribution in [0.5, 0.6) is 0 Å². The highest BCUT2D eigenvalue weighted by atomic mass is 32.1. The lowest BCUT2D eigenvalue weighted by Crippen LogP contribution is -2.49. The van der Waals surface area contributed by atoms with Crippen LogP contribution in [0.25, 0.3) is 0 Å². The first kappa shape index (κ1) is 28.6. The van der Waals surface area contributed by atoms with Crippen molar-refractivity contribution < 1.29 is 29.2 Å². The Morgan fingerprint density at radius 2 is 0.947 bits per heavy atom. The van der Waals surface area contributed by atoms with Gasteiger partial charge < -0.3 is 29.2 Å². The molecule has 38 heavy (non-hydrogen) atoms. The third-order valence-electron chi connectivity index (χ3n) is 5.94. The van der Waals surface area contributed by atoms with Gasteiger partial charge in [-0.3, -0.25) is 0 Å². The molecule has 2 aromatic carbocycles. The van der Waals surface area contributed by atoms with Crippen molar-refractivity contribution in [1.82, 2.24) is 0 Å². The van der Waals surface area contributed by atoms with E-state index in [-0.39, 0.29) is 26.4 Å². The van der Waals surface area contributed by atoms with E-state index in [1.807, 2.05) is 95.7 Å². The molecule has 4 rings (SSSR count). The van der Waals surface area contributed by atoms with Crippen LogP contribution in [0.15, 0.2) is 95.7 Å². The van der Waals surface area contributed by atoms with Crippen LogP contribution in [0.1, 0.15) is 20.9 Å². The number of benzene rings is 2. The second kappa shape index (κ2) is 15.9. The zero-order valence-electron chi connectivity index (χ0n) is 21.1. The fraction of sp³-hybridized carbons (Fsp3) is 0.333. The van der Waals surface area contributed by atoms with Crippen LogP contribution in [0.4, 0.5) is 0 Å². The standard InChI is InChI=1S/C30H34O6S2/c31-29(27(21-33-19-25-13-7-15-37-25)35-17-23-9-3-1-4-10-23)30(32)28(22-34-20-26-14-8-16-38-26)36-18-24-11-5-2-6-12-24/h1-16,27-32H,17-22H2/t27-,28-,29-,30-/m0/s1. The Labute approximate surface area is 232 Å². The fourth-order valence-electron chi connectivity index (χ4n) is 3.83. The maximum atomic E-state index is 11.3. The minimum Gasteiger partial charge on any atom is -0.388 e. The highest BCUT2D eigenvalue weighted by molar-refractivity contribution is 7.10. The van der Waals surface area contributed by atoms with Crippen LogP contribution >= 0.6 is 22.7 Å². The lowest BCUT2D eigenvalue weighted by Gasteiger charge is -2.31. The van der Waals surface area contributed by atoms with Gasteiger partial charge >= 0.3 is 0 Å². The van der Waals surface area contributed by atoms with E-state index in [9.17, 15) is 10.2 Å². The van der Waals surface area contributed by atoms with Crippen molar-refractivity contribution in [2.24, 2.45) is 0 Å². The first-order valence-corrected chi connectivity index (χ1v) is 14.3. The Balaban J connectivity index is 1.41. The van der Waals surface area contributed by atoms with Gasteiger partial charge in [-0.15, -0.1) is 22.7 Å². The summed E-state index contributed by atoms with van der Waals surface area (Å²) in [6.07, 6.45) is -4.06. The molecule has 0 saturated carbocycles. The Bertz CT molecular complexity index is 1030. The number of ether oxygens (including phenoxy) is 4. The van der Waals surface area contributed by atoms with E-state index in [0.29, 0.717) is 13.2 Å². The van der Waals surface area contributed by atoms with Crippen molar-refractivity contribution in [3.05, 3.63) is 117 Å². The predicted molar refractivity (Wildman–Crippen MR) is 150 cm³/mol. The van der Waals surface area contributed by atoms with Crippen molar-refractivity contribution in [2.75, 3.05) is 13.2 Å². The molecule has 0 spiro atoms. The van der Waals surface area contributed by atoms with Gasteiger partial charge in [0.2, 0.25) is 0 Å². The number of thiophene rings is 2. The van der Waals surface area contributed by atoms with Crippen LogP contribution in [-0.2, 0) is 45.4 Å². The van der Waals surface area contributed by atoms with E-state index in [4.69, 9.17) is 18.9 Å². The molecule has 2 heterocycles. The summed E-state index contributed by atoms with van der Waals surface area (Å²) in [4.78, 5) is 2.15. The van der Waals surface area contributed by atoms with Gasteiger partial charge in [-0.2, -0.15) is 0 Å². The Morgan fingerprint density at radius 1 is 0.526 bits per heavy atom. The van der Waals surface area contributed by atoms with Crippen molar-refractivity contribution in [2.45, 2.75) is 50.8 Å². The van der Waals surface area contributed by atoms with Crippen LogP contribution in [-0.4, -0.2) is 47.8 Å². The SMILES string of the molecule is O[C@H]([C@@H](O)[C@H](COCc1cccs1)OCc1ccccc1)[C@H](COCc1cccs1)OCc1ccccc1. The van der Waals surface area contributed by atoms with Gasteiger partial charge in [-0.25, -0.2) is 0 Å². The summed E-state index contributed by atoms with van der Waals surface area (Å²) < 4.78 is 23.9. The number of aliphatic hydroxyl groups excluding tert-OH is 2. The molecular weight excluding hydrogens is 520 g/mol. The summed E-state index contributed by atoms with van der Waals surface area (Å²) in [5.41, 5.74) is 1.93. The molecule has 6 nitrogen and oxygen atoms in total. The summed E-state index contributed by atoms with van der Waals surface area (Å²) in [7, 11) is 0. The topological polar surface area (TPSA) is 77.4 Å². The molecule has 2 N–H and O–H groups in total. The smallest absolute Gasteiger partial charge is 0.111 e. The molecule has 0 radical (unpaired) electrons. The van der Waals surface area contributed by atoms with Crippen LogP contribution in [0, 0.1) is 0 Å². The summed E-state index contributed by atoms with van der Waals surface area (Å²) >= 11 is 3.21. The quantitative estimate of drug-likeness (QED) is 0.181. The second-order valence-electron chi connectivity index (χ2n) is 8.84. The van der Waals surface area contributed by atoms with Crippen molar-refractivity contribution in [3.8, 4) is 0 Å². The van der Waals surface area contributed by atoms with E-state index < -0.39 is 24.4 Å². The van der Waals surface area contributed by atoms with Gasteiger partial charge in [0.25, 0.3) is 0 Å². The van der Waals surface area contributed by atoms with Crippen LogP contribution < -0.4 is 0 Å². The van der Waals surface area contributed by atoms with E-state index >= 15 is 0 Å². The largest absolute Gasteiger partial charge is 0.388 e. The van der Waals surface area contributed by atoms with Crippen LogP contribution in [0.3, 0.4) is 0 Å². The lowest BCUT2D eigenvalue weighted by molar-refractivity contribution is -0.169. The molecule has 0 unspecified atom stereocenters. The molecule has 0 aliphatic rings. The van der Waals surface area contributed by atoms with E-state index in [1.165, 1.54) is 0 Å². The molecule has 4 atom stereocenters. The summed E-state index contributed by atoms with van der Waals surface area (Å²) in [6.45, 7) is 1.60. The molecule has 8 heteroatoms. The van der Waals surface area contributed by atoms with E-state index in [1.54, 1.807) is 22.7 Å². The molecule has 0 amide bonds. The van der Waals surface area contributed by atoms with Gasteiger partial charge in [0.15, 0.2) is 0 Å². The van der Waals surface area contributed by atoms with Gasteiger partial charge in [-0.1, -0.05) is 72.8 Å². The minimum atomic E-state index is -1.26. The highest BCUT2D eigenvalue weighted by Gasteiger charge is 2.34. The maximum absolute atomic E-state index is 11.3. The van der Waals surface area contributed by atoms with Gasteiger partial charge in [0.05, 0.1) is 39.6 Å². The fourth-order valence-corrected chi connectivity index (χ4v) is 5.11. The van der Waals surface area contributed by atoms with E-state index in [2.05, 4.69) is 0 Å². The molecule has 4 aromatic rings. The van der Waals surface area contributed by atoms with Gasteiger partial charge in [0, 0.05) is 9.75 Å². The molecule has 0 fully saturated rings. The summed E-state index contributed by atoms with van der Waals surface area (Å²) in [5.74, 6) is 0. The third kappa shape index (κ3) is 9.41. The average Bonchev–Trinajstić information content (AvgIpc) is 3.68. The molecule has 0 saturated heterocycles. The van der Waals surface area contributed by atoms with Crippen molar-refractivity contribution in [1.29, 1.82) is 0 Å². The monoisotopic (exact) mass is 554 g/mol. The first-order chi connectivity index (χ1) is 18.7. The molecule has 0 bridgehead atoms. The zero-order valence-corrected chi connectivity index (χ0v) is 22.8. The summed E-state index contributed by atoms with van der Waals surface area (Å²) in [5, 5.41) is 26.5. The number of hydrogen-bond donors (Lipinski definition) is 2. The normalized spacial score (nSPS) is 14.7. The van der Waals surface area contributed by atoms with Gasteiger partial charge in [-0.05, 0) is 34.0 Å². The number of aliphatic hydroxyl groups is 2. The molecule has 0 aliphatic heterocycles. The molecule has 202 valence electrons. The third-order valence-corrected chi connectivity index (χ3v) is 7.64. The average molecular weight is 555 g/mol.